The van der Waals surface area contributed by atoms with Crippen LogP contribution in [0.1, 0.15) is 11.3 Å². The number of carboxylic acids is 1. The Balaban J connectivity index is 0.00000208. The molecule has 0 atom stereocenters. The molecule has 1 aromatic heterocycles. The molecule has 6 heteroatoms. The van der Waals surface area contributed by atoms with Crippen LogP contribution in [0, 0.1) is 12.7 Å². The van der Waals surface area contributed by atoms with Gasteiger partial charge in [0.2, 0.25) is 0 Å². The molecule has 0 bridgehead atoms. The van der Waals surface area contributed by atoms with Crippen molar-refractivity contribution in [3.8, 4) is 11.1 Å². The van der Waals surface area contributed by atoms with E-state index < -0.39 is 11.8 Å². The van der Waals surface area contributed by atoms with Gasteiger partial charge >= 0.3 is 5.97 Å². The third-order valence-corrected chi connectivity index (χ3v) is 3.96. The molecule has 3 aromatic rings. The number of carboxylic acid groups (broad SMARTS) is 1. The van der Waals surface area contributed by atoms with E-state index in [4.69, 9.17) is 11.6 Å². The molecule has 0 fully saturated rings. The zero-order valence-electron chi connectivity index (χ0n) is 12.7. The number of rotatable bonds is 3. The summed E-state index contributed by atoms with van der Waals surface area (Å²) in [6.45, 7) is 1.73. The highest BCUT2D eigenvalue weighted by Gasteiger charge is 2.19. The van der Waals surface area contributed by atoms with Crippen molar-refractivity contribution in [3.63, 3.8) is 0 Å². The topological polar surface area (TPSA) is 50.2 Å². The van der Waals surface area contributed by atoms with Gasteiger partial charge in [-0.1, -0.05) is 29.8 Å². The molecule has 0 aliphatic heterocycles. The number of nitrogens with zero attached hydrogens (tertiary/aromatic N) is 1. The summed E-state index contributed by atoms with van der Waals surface area (Å²) in [5.74, 6) is -1.40. The Morgan fingerprint density at radius 1 is 1.25 bits per heavy atom. The molecule has 0 saturated carbocycles. The molecule has 124 valence electrons. The van der Waals surface area contributed by atoms with E-state index in [0.29, 0.717) is 38.3 Å². The van der Waals surface area contributed by atoms with Crippen molar-refractivity contribution in [2.45, 2.75) is 13.3 Å². The molecule has 3 nitrogen and oxygen atoms in total. The second kappa shape index (κ2) is 7.16. The summed E-state index contributed by atoms with van der Waals surface area (Å²) >= 11 is 6.08. The summed E-state index contributed by atoms with van der Waals surface area (Å²) in [4.78, 5) is 15.7. The third-order valence-electron chi connectivity index (χ3n) is 3.73. The van der Waals surface area contributed by atoms with Gasteiger partial charge in [-0.25, -0.2) is 4.39 Å². The Morgan fingerprint density at radius 2 is 1.96 bits per heavy atom. The van der Waals surface area contributed by atoms with Crippen LogP contribution in [0.2, 0.25) is 5.02 Å². The van der Waals surface area contributed by atoms with Crippen LogP contribution in [0.25, 0.3) is 22.0 Å². The molecule has 0 saturated heterocycles. The Bertz CT molecular complexity index is 928. The molecule has 1 N–H and O–H groups in total. The first-order valence-corrected chi connectivity index (χ1v) is 7.40. The average molecular weight is 366 g/mol. The van der Waals surface area contributed by atoms with Crippen LogP contribution < -0.4 is 0 Å². The predicted octanol–water partition coefficient (Wildman–Crippen LogP) is 5.05. The SMILES string of the molecule is Cc1nc2ccc(Cl)cc2c(-c2ccccc2F)c1CC(=O)O.Cl. The number of hydrogen-bond acceptors (Lipinski definition) is 2. The summed E-state index contributed by atoms with van der Waals surface area (Å²) in [5.41, 5.74) is 2.61. The van der Waals surface area contributed by atoms with Crippen molar-refractivity contribution in [2.75, 3.05) is 0 Å². The molecule has 0 aliphatic carbocycles. The largest absolute Gasteiger partial charge is 0.481 e. The zero-order chi connectivity index (χ0) is 16.6. The van der Waals surface area contributed by atoms with E-state index >= 15 is 0 Å². The average Bonchev–Trinajstić information content (AvgIpc) is 2.49. The standard InChI is InChI=1S/C18H13ClFNO2.ClH/c1-10-13(9-17(22)23)18(12-4-2-3-5-15(12)20)14-8-11(19)6-7-16(14)21-10;/h2-8H,9H2,1H3,(H,22,23);1H. The minimum Gasteiger partial charge on any atom is -0.481 e. The van der Waals surface area contributed by atoms with Crippen LogP contribution in [0.3, 0.4) is 0 Å². The van der Waals surface area contributed by atoms with Crippen molar-refractivity contribution in [2.24, 2.45) is 0 Å². The summed E-state index contributed by atoms with van der Waals surface area (Å²) in [6, 6.07) is 11.4. The van der Waals surface area contributed by atoms with Crippen molar-refractivity contribution in [3.05, 3.63) is 64.6 Å². The molecular weight excluding hydrogens is 352 g/mol. The van der Waals surface area contributed by atoms with E-state index in [1.807, 2.05) is 0 Å². The number of halogens is 3. The van der Waals surface area contributed by atoms with Crippen molar-refractivity contribution in [1.29, 1.82) is 0 Å². The van der Waals surface area contributed by atoms with E-state index in [0.717, 1.165) is 0 Å². The van der Waals surface area contributed by atoms with Gasteiger partial charge < -0.3 is 5.11 Å². The van der Waals surface area contributed by atoms with Crippen LogP contribution in [0.4, 0.5) is 4.39 Å². The van der Waals surface area contributed by atoms with Gasteiger partial charge in [-0.2, -0.15) is 0 Å². The van der Waals surface area contributed by atoms with Crippen molar-refractivity contribution in [1.82, 2.24) is 4.98 Å². The van der Waals surface area contributed by atoms with E-state index in [1.54, 1.807) is 43.3 Å². The van der Waals surface area contributed by atoms with Crippen LogP contribution >= 0.6 is 24.0 Å². The number of fused-ring (bicyclic) bond motifs is 1. The summed E-state index contributed by atoms with van der Waals surface area (Å²) < 4.78 is 14.4. The first-order valence-electron chi connectivity index (χ1n) is 7.03. The highest BCUT2D eigenvalue weighted by Crippen LogP contribution is 2.36. The van der Waals surface area contributed by atoms with Gasteiger partial charge in [0.25, 0.3) is 0 Å². The van der Waals surface area contributed by atoms with Crippen molar-refractivity contribution < 1.29 is 14.3 Å². The Hall–Kier alpha value is -2.17. The Morgan fingerprint density at radius 3 is 2.62 bits per heavy atom. The van der Waals surface area contributed by atoms with E-state index in [2.05, 4.69) is 4.98 Å². The first-order chi connectivity index (χ1) is 11.0. The number of benzene rings is 2. The maximum absolute atomic E-state index is 14.4. The maximum Gasteiger partial charge on any atom is 0.307 e. The molecule has 0 aliphatic rings. The van der Waals surface area contributed by atoms with Crippen LogP contribution in [-0.2, 0) is 11.2 Å². The third kappa shape index (κ3) is 3.35. The fourth-order valence-electron chi connectivity index (χ4n) is 2.74. The second-order valence-corrected chi connectivity index (χ2v) is 5.70. The quantitative estimate of drug-likeness (QED) is 0.706. The number of aryl methyl sites for hydroxylation is 1. The normalized spacial score (nSPS) is 10.5. The number of hydrogen-bond donors (Lipinski definition) is 1. The maximum atomic E-state index is 14.4. The van der Waals surface area contributed by atoms with E-state index in [9.17, 15) is 14.3 Å². The lowest BCUT2D eigenvalue weighted by Crippen LogP contribution is -2.07. The van der Waals surface area contributed by atoms with Gasteiger partial charge in [0.1, 0.15) is 5.82 Å². The zero-order valence-corrected chi connectivity index (χ0v) is 14.3. The molecule has 0 spiro atoms. The molecule has 3 rings (SSSR count). The molecule has 2 aromatic carbocycles. The van der Waals surface area contributed by atoms with Crippen LogP contribution in [0.5, 0.6) is 0 Å². The molecular formula is C18H14Cl2FNO2. The predicted molar refractivity (Wildman–Crippen MR) is 95.5 cm³/mol. The number of pyridine rings is 1. The molecule has 0 radical (unpaired) electrons. The van der Waals surface area contributed by atoms with E-state index in [1.165, 1.54) is 6.07 Å². The van der Waals surface area contributed by atoms with E-state index in [-0.39, 0.29) is 18.8 Å². The summed E-state index contributed by atoms with van der Waals surface area (Å²) in [6.07, 6.45) is -0.231. The minimum atomic E-state index is -0.992. The van der Waals surface area contributed by atoms with Crippen molar-refractivity contribution >= 4 is 40.9 Å². The van der Waals surface area contributed by atoms with Crippen LogP contribution in [-0.4, -0.2) is 16.1 Å². The summed E-state index contributed by atoms with van der Waals surface area (Å²) in [7, 11) is 0. The summed E-state index contributed by atoms with van der Waals surface area (Å²) in [5, 5.41) is 10.3. The fourth-order valence-corrected chi connectivity index (χ4v) is 2.91. The molecule has 1 heterocycles. The Labute approximate surface area is 149 Å². The lowest BCUT2D eigenvalue weighted by Gasteiger charge is -2.15. The smallest absolute Gasteiger partial charge is 0.307 e. The van der Waals surface area contributed by atoms with Gasteiger partial charge in [-0.3, -0.25) is 9.78 Å². The van der Waals surface area contributed by atoms with Gasteiger partial charge in [0, 0.05) is 21.7 Å². The lowest BCUT2D eigenvalue weighted by molar-refractivity contribution is -0.136. The number of carbonyl (C=O) groups is 1. The van der Waals surface area contributed by atoms with Gasteiger partial charge in [0.05, 0.1) is 11.9 Å². The second-order valence-electron chi connectivity index (χ2n) is 5.26. The molecule has 0 amide bonds. The monoisotopic (exact) mass is 365 g/mol. The first kappa shape index (κ1) is 18.2. The number of aliphatic carboxylic acids is 1. The highest BCUT2D eigenvalue weighted by molar-refractivity contribution is 6.31. The van der Waals surface area contributed by atoms with Gasteiger partial charge in [0.15, 0.2) is 0 Å². The Kier molecular flexibility index (Phi) is 5.42. The molecule has 24 heavy (non-hydrogen) atoms. The number of aromatic nitrogens is 1. The molecule has 0 unspecified atom stereocenters. The van der Waals surface area contributed by atoms with Gasteiger partial charge in [-0.15, -0.1) is 12.4 Å². The van der Waals surface area contributed by atoms with Gasteiger partial charge in [-0.05, 0) is 42.3 Å². The van der Waals surface area contributed by atoms with Crippen LogP contribution in [0.15, 0.2) is 42.5 Å². The fraction of sp³-hybridized carbons (Fsp3) is 0.111. The highest BCUT2D eigenvalue weighted by atomic mass is 35.5. The lowest BCUT2D eigenvalue weighted by atomic mass is 9.92. The minimum absolute atomic E-state index is 0.